The van der Waals surface area contributed by atoms with E-state index in [9.17, 15) is 18.0 Å². The van der Waals surface area contributed by atoms with Crippen LogP contribution in [0.15, 0.2) is 42.7 Å². The number of halogens is 3. The zero-order chi connectivity index (χ0) is 24.8. The number of carbonyl (C=O) groups is 1. The summed E-state index contributed by atoms with van der Waals surface area (Å²) in [6, 6.07) is 8.17. The number of rotatable bonds is 5. The molecule has 0 saturated heterocycles. The van der Waals surface area contributed by atoms with Crippen LogP contribution < -0.4 is 0 Å². The average Bonchev–Trinajstić information content (AvgIpc) is 3.35. The van der Waals surface area contributed by atoms with Crippen molar-refractivity contribution in [2.75, 3.05) is 7.05 Å². The second kappa shape index (κ2) is 8.58. The summed E-state index contributed by atoms with van der Waals surface area (Å²) < 4.78 is 44.1. The topological polar surface area (TPSA) is 68.3 Å². The zero-order valence-corrected chi connectivity index (χ0v) is 19.6. The van der Waals surface area contributed by atoms with Gasteiger partial charge in [-0.2, -0.15) is 23.4 Å². The lowest BCUT2D eigenvalue weighted by Gasteiger charge is -2.17. The van der Waals surface area contributed by atoms with Gasteiger partial charge in [-0.25, -0.2) is 9.50 Å². The number of aryl methyl sites for hydroxylation is 1. The average molecular weight is 470 g/mol. The van der Waals surface area contributed by atoms with Crippen LogP contribution in [0.3, 0.4) is 0 Å². The molecule has 10 heteroatoms. The maximum absolute atomic E-state index is 13.9. The lowest BCUT2D eigenvalue weighted by Crippen LogP contribution is -2.26. The molecule has 1 aromatic carbocycles. The van der Waals surface area contributed by atoms with Gasteiger partial charge in [0.1, 0.15) is 5.56 Å². The van der Waals surface area contributed by atoms with Crippen molar-refractivity contribution >= 4 is 11.6 Å². The molecule has 0 aliphatic heterocycles. The molecule has 34 heavy (non-hydrogen) atoms. The van der Waals surface area contributed by atoms with E-state index in [1.165, 1.54) is 4.90 Å². The Kier molecular flexibility index (Phi) is 5.93. The van der Waals surface area contributed by atoms with E-state index >= 15 is 0 Å². The lowest BCUT2D eigenvalue weighted by atomic mass is 10.0. The molecule has 0 spiro atoms. The van der Waals surface area contributed by atoms with E-state index in [4.69, 9.17) is 0 Å². The van der Waals surface area contributed by atoms with Crippen LogP contribution in [0.4, 0.5) is 13.2 Å². The van der Waals surface area contributed by atoms with E-state index in [1.807, 2.05) is 32.9 Å². The quantitative estimate of drug-likeness (QED) is 0.418. The third-order valence-corrected chi connectivity index (χ3v) is 5.96. The minimum absolute atomic E-state index is 0.00445. The molecular weight excluding hydrogens is 445 g/mol. The van der Waals surface area contributed by atoms with Gasteiger partial charge in [0.2, 0.25) is 0 Å². The first kappa shape index (κ1) is 23.5. The highest BCUT2D eigenvalue weighted by Gasteiger charge is 2.36. The fraction of sp³-hybridized carbons (Fsp3) is 0.333. The maximum Gasteiger partial charge on any atom is 0.433 e. The first-order valence-electron chi connectivity index (χ1n) is 10.8. The summed E-state index contributed by atoms with van der Waals surface area (Å²) in [6.45, 7) is 6.20. The number of alkyl halides is 3. The molecule has 178 valence electrons. The molecule has 0 saturated carbocycles. The number of carbonyl (C=O) groups excluding carboxylic acids is 1. The van der Waals surface area contributed by atoms with Crippen molar-refractivity contribution in [1.29, 1.82) is 0 Å². The lowest BCUT2D eigenvalue weighted by molar-refractivity contribution is -0.142. The highest BCUT2D eigenvalue weighted by Crippen LogP contribution is 2.33. The van der Waals surface area contributed by atoms with Crippen LogP contribution in [0.1, 0.15) is 52.6 Å². The minimum atomic E-state index is -4.68. The Morgan fingerprint density at radius 2 is 1.79 bits per heavy atom. The molecular formula is C24H25F3N6O. The van der Waals surface area contributed by atoms with Gasteiger partial charge in [-0.3, -0.25) is 9.48 Å². The smallest absolute Gasteiger partial charge is 0.337 e. The molecule has 0 bridgehead atoms. The van der Waals surface area contributed by atoms with Crippen LogP contribution in [-0.2, 0) is 19.8 Å². The number of fused-ring (bicyclic) bond motifs is 1. The van der Waals surface area contributed by atoms with E-state index in [-0.39, 0.29) is 29.4 Å². The SMILES string of the molecule is Cc1c(CN(C)C(=O)c2cnn3c(C(F)(F)F)cc(-c4ccc(C(C)C)cc4)nc23)cnn1C. The molecule has 3 heterocycles. The molecule has 0 atom stereocenters. The van der Waals surface area contributed by atoms with Gasteiger partial charge in [0.15, 0.2) is 11.3 Å². The summed E-state index contributed by atoms with van der Waals surface area (Å²) in [6.07, 6.45) is -1.88. The van der Waals surface area contributed by atoms with Gasteiger partial charge in [-0.05, 0) is 24.5 Å². The Hall–Kier alpha value is -3.69. The standard InChI is InChI=1S/C24H25F3N6O/c1-14(2)16-6-8-17(9-7-16)20-10-21(24(25,26)27)33-22(30-20)19(12-29-33)23(34)31(4)13-18-11-28-32(5)15(18)3/h6-12,14H,13H2,1-5H3. The molecule has 0 aliphatic rings. The van der Waals surface area contributed by atoms with Crippen molar-refractivity contribution < 1.29 is 18.0 Å². The van der Waals surface area contributed by atoms with Gasteiger partial charge >= 0.3 is 6.18 Å². The zero-order valence-electron chi connectivity index (χ0n) is 19.6. The number of hydrogen-bond donors (Lipinski definition) is 0. The fourth-order valence-corrected chi connectivity index (χ4v) is 3.73. The van der Waals surface area contributed by atoms with Crippen molar-refractivity contribution in [3.63, 3.8) is 0 Å². The minimum Gasteiger partial charge on any atom is -0.337 e. The van der Waals surface area contributed by atoms with E-state index < -0.39 is 17.8 Å². The molecule has 1 amide bonds. The van der Waals surface area contributed by atoms with Gasteiger partial charge < -0.3 is 4.90 Å². The van der Waals surface area contributed by atoms with Crippen molar-refractivity contribution in [2.24, 2.45) is 7.05 Å². The molecule has 0 fully saturated rings. The van der Waals surface area contributed by atoms with Crippen LogP contribution in [0.2, 0.25) is 0 Å². The molecule has 3 aromatic heterocycles. The Morgan fingerprint density at radius 1 is 1.12 bits per heavy atom. The van der Waals surface area contributed by atoms with Crippen molar-refractivity contribution in [3.05, 3.63) is 70.8 Å². The van der Waals surface area contributed by atoms with Gasteiger partial charge in [-0.1, -0.05) is 38.1 Å². The van der Waals surface area contributed by atoms with Gasteiger partial charge in [0, 0.05) is 37.5 Å². The van der Waals surface area contributed by atoms with Crippen LogP contribution in [0.5, 0.6) is 0 Å². The van der Waals surface area contributed by atoms with E-state index in [2.05, 4.69) is 15.2 Å². The van der Waals surface area contributed by atoms with E-state index in [1.54, 1.807) is 37.1 Å². The summed E-state index contributed by atoms with van der Waals surface area (Å²) in [5.41, 5.74) is 2.30. The summed E-state index contributed by atoms with van der Waals surface area (Å²) >= 11 is 0. The predicted molar refractivity (Wildman–Crippen MR) is 121 cm³/mol. The van der Waals surface area contributed by atoms with E-state index in [0.717, 1.165) is 29.1 Å². The third-order valence-electron chi connectivity index (χ3n) is 5.96. The Labute approximate surface area is 194 Å². The summed E-state index contributed by atoms with van der Waals surface area (Å²) in [4.78, 5) is 19.0. The largest absolute Gasteiger partial charge is 0.433 e. The first-order valence-corrected chi connectivity index (χ1v) is 10.8. The van der Waals surface area contributed by atoms with Crippen molar-refractivity contribution in [1.82, 2.24) is 29.3 Å². The summed E-state index contributed by atoms with van der Waals surface area (Å²) in [5, 5.41) is 8.03. The Bertz CT molecular complexity index is 1350. The number of nitrogens with zero attached hydrogens (tertiary/aromatic N) is 6. The second-order valence-electron chi connectivity index (χ2n) is 8.63. The van der Waals surface area contributed by atoms with Crippen LogP contribution in [-0.4, -0.2) is 42.2 Å². The number of hydrogen-bond acceptors (Lipinski definition) is 4. The normalized spacial score (nSPS) is 12.0. The molecule has 4 aromatic rings. The molecule has 0 radical (unpaired) electrons. The van der Waals surface area contributed by atoms with Crippen LogP contribution in [0, 0.1) is 6.92 Å². The number of amides is 1. The van der Waals surface area contributed by atoms with Gasteiger partial charge in [0.05, 0.1) is 18.1 Å². The van der Waals surface area contributed by atoms with Gasteiger partial charge in [-0.15, -0.1) is 0 Å². The Morgan fingerprint density at radius 3 is 2.35 bits per heavy atom. The number of aromatic nitrogens is 5. The fourth-order valence-electron chi connectivity index (χ4n) is 3.73. The maximum atomic E-state index is 13.9. The van der Waals surface area contributed by atoms with Gasteiger partial charge in [0.25, 0.3) is 5.91 Å². The molecule has 0 unspecified atom stereocenters. The highest BCUT2D eigenvalue weighted by atomic mass is 19.4. The first-order chi connectivity index (χ1) is 16.0. The second-order valence-corrected chi connectivity index (χ2v) is 8.63. The molecule has 0 N–H and O–H groups in total. The molecule has 4 rings (SSSR count). The van der Waals surface area contributed by atoms with E-state index in [0.29, 0.717) is 10.1 Å². The Balaban J connectivity index is 1.78. The van der Waals surface area contributed by atoms with Crippen molar-refractivity contribution in [3.8, 4) is 11.3 Å². The van der Waals surface area contributed by atoms with Crippen LogP contribution >= 0.6 is 0 Å². The summed E-state index contributed by atoms with van der Waals surface area (Å²) in [5.74, 6) is -0.195. The van der Waals surface area contributed by atoms with Crippen LogP contribution in [0.25, 0.3) is 16.9 Å². The summed E-state index contributed by atoms with van der Waals surface area (Å²) in [7, 11) is 3.38. The monoisotopic (exact) mass is 470 g/mol. The molecule has 7 nitrogen and oxygen atoms in total. The third kappa shape index (κ3) is 4.27. The predicted octanol–water partition coefficient (Wildman–Crippen LogP) is 4.85. The van der Waals surface area contributed by atoms with Crippen molar-refractivity contribution in [2.45, 2.75) is 39.4 Å². The highest BCUT2D eigenvalue weighted by molar-refractivity contribution is 5.99. The number of benzene rings is 1. The molecule has 0 aliphatic carbocycles.